The fraction of sp³-hybridized carbons (Fsp3) is 1.00. The van der Waals surface area contributed by atoms with Crippen LogP contribution in [0, 0.1) is 5.92 Å². The molecule has 0 saturated heterocycles. The highest BCUT2D eigenvalue weighted by molar-refractivity contribution is 7.88. The number of nitrogens with one attached hydrogen (secondary N) is 1. The molecule has 0 amide bonds. The smallest absolute Gasteiger partial charge is 0.208 e. The third-order valence-electron chi connectivity index (χ3n) is 2.32. The fourth-order valence-corrected chi connectivity index (χ4v) is 1.98. The van der Waals surface area contributed by atoms with Gasteiger partial charge in [0, 0.05) is 6.54 Å². The molecule has 0 rings (SSSR count). The maximum Gasteiger partial charge on any atom is 0.208 e. The highest BCUT2D eigenvalue weighted by Gasteiger charge is 1.98. The molecular weight excluding hydrogens is 210 g/mol. The lowest BCUT2D eigenvalue weighted by Gasteiger charge is -2.04. The molecule has 0 spiro atoms. The molecule has 92 valence electrons. The molecule has 0 unspecified atom stereocenters. The standard InChI is InChI=1S/C11H25NO2S/c1-11(2)9-7-5-4-6-8-10-12-15(3,13)14/h11-12H,4-10H2,1-3H3. The summed E-state index contributed by atoms with van der Waals surface area (Å²) in [6.07, 6.45) is 8.39. The van der Waals surface area contributed by atoms with Crippen molar-refractivity contribution in [2.75, 3.05) is 12.8 Å². The van der Waals surface area contributed by atoms with Gasteiger partial charge in [0.2, 0.25) is 10.0 Å². The van der Waals surface area contributed by atoms with E-state index in [-0.39, 0.29) is 0 Å². The van der Waals surface area contributed by atoms with Gasteiger partial charge in [-0.1, -0.05) is 46.0 Å². The topological polar surface area (TPSA) is 46.2 Å². The van der Waals surface area contributed by atoms with E-state index in [1.807, 2.05) is 0 Å². The molecule has 0 aromatic rings. The molecule has 0 aliphatic carbocycles. The van der Waals surface area contributed by atoms with Crippen LogP contribution in [0.4, 0.5) is 0 Å². The number of unbranched alkanes of at least 4 members (excludes halogenated alkanes) is 4. The van der Waals surface area contributed by atoms with E-state index in [1.165, 1.54) is 31.9 Å². The zero-order chi connectivity index (χ0) is 11.7. The van der Waals surface area contributed by atoms with E-state index in [2.05, 4.69) is 18.6 Å². The average Bonchev–Trinajstić information content (AvgIpc) is 2.07. The first-order chi connectivity index (χ1) is 6.92. The van der Waals surface area contributed by atoms with Gasteiger partial charge in [-0.05, 0) is 12.3 Å². The van der Waals surface area contributed by atoms with Crippen LogP contribution >= 0.6 is 0 Å². The maximum atomic E-state index is 10.7. The second-order valence-electron chi connectivity index (χ2n) is 4.62. The Hall–Kier alpha value is -0.0900. The van der Waals surface area contributed by atoms with E-state index in [4.69, 9.17) is 0 Å². The lowest BCUT2D eigenvalue weighted by molar-refractivity contribution is 0.513. The summed E-state index contributed by atoms with van der Waals surface area (Å²) in [6, 6.07) is 0. The minimum absolute atomic E-state index is 0.586. The largest absolute Gasteiger partial charge is 0.215 e. The number of rotatable bonds is 9. The van der Waals surface area contributed by atoms with Crippen molar-refractivity contribution in [3.63, 3.8) is 0 Å². The van der Waals surface area contributed by atoms with Crippen molar-refractivity contribution >= 4 is 10.0 Å². The number of hydrogen-bond acceptors (Lipinski definition) is 2. The summed E-state index contributed by atoms with van der Waals surface area (Å²) < 4.78 is 24.0. The zero-order valence-electron chi connectivity index (χ0n) is 10.3. The molecule has 0 bridgehead atoms. The second-order valence-corrected chi connectivity index (χ2v) is 6.45. The van der Waals surface area contributed by atoms with Gasteiger partial charge in [-0.25, -0.2) is 13.1 Å². The maximum absolute atomic E-state index is 10.7. The molecule has 1 N–H and O–H groups in total. The van der Waals surface area contributed by atoms with Crippen LogP contribution in [0.15, 0.2) is 0 Å². The van der Waals surface area contributed by atoms with Crippen LogP contribution in [0.3, 0.4) is 0 Å². The highest BCUT2D eigenvalue weighted by atomic mass is 32.2. The second kappa shape index (κ2) is 8.11. The summed E-state index contributed by atoms with van der Waals surface area (Å²) in [6.45, 7) is 5.08. The first-order valence-corrected chi connectivity index (χ1v) is 7.75. The fourth-order valence-electron chi connectivity index (χ4n) is 1.47. The molecule has 0 aliphatic rings. The molecule has 0 aromatic heterocycles. The highest BCUT2D eigenvalue weighted by Crippen LogP contribution is 2.10. The minimum Gasteiger partial charge on any atom is -0.215 e. The third kappa shape index (κ3) is 13.9. The SMILES string of the molecule is CC(C)CCCCCCCNS(C)(=O)=O. The Morgan fingerprint density at radius 2 is 1.53 bits per heavy atom. The van der Waals surface area contributed by atoms with Gasteiger partial charge in [-0.3, -0.25) is 0 Å². The van der Waals surface area contributed by atoms with Crippen molar-refractivity contribution in [2.45, 2.75) is 52.4 Å². The predicted octanol–water partition coefficient (Wildman–Crippen LogP) is 2.53. The zero-order valence-corrected chi connectivity index (χ0v) is 11.1. The van der Waals surface area contributed by atoms with Gasteiger partial charge in [0.15, 0.2) is 0 Å². The van der Waals surface area contributed by atoms with Gasteiger partial charge >= 0.3 is 0 Å². The Morgan fingerprint density at radius 1 is 1.00 bits per heavy atom. The van der Waals surface area contributed by atoms with Crippen LogP contribution in [0.2, 0.25) is 0 Å². The van der Waals surface area contributed by atoms with E-state index < -0.39 is 10.0 Å². The number of hydrogen-bond donors (Lipinski definition) is 1. The lowest BCUT2D eigenvalue weighted by atomic mass is 10.0. The van der Waals surface area contributed by atoms with Crippen LogP contribution in [-0.4, -0.2) is 21.2 Å². The summed E-state index contributed by atoms with van der Waals surface area (Å²) >= 11 is 0. The molecule has 0 radical (unpaired) electrons. The van der Waals surface area contributed by atoms with Crippen molar-refractivity contribution in [3.05, 3.63) is 0 Å². The van der Waals surface area contributed by atoms with Gasteiger partial charge in [-0.2, -0.15) is 0 Å². The molecule has 3 nitrogen and oxygen atoms in total. The van der Waals surface area contributed by atoms with E-state index in [9.17, 15) is 8.42 Å². The van der Waals surface area contributed by atoms with Gasteiger partial charge in [0.1, 0.15) is 0 Å². The van der Waals surface area contributed by atoms with Crippen molar-refractivity contribution in [1.82, 2.24) is 4.72 Å². The van der Waals surface area contributed by atoms with E-state index in [1.54, 1.807) is 0 Å². The molecule has 0 heterocycles. The monoisotopic (exact) mass is 235 g/mol. The molecule has 4 heteroatoms. The first kappa shape index (κ1) is 14.9. The Balaban J connectivity index is 3.12. The number of sulfonamides is 1. The Morgan fingerprint density at radius 3 is 2.07 bits per heavy atom. The molecule has 0 aromatic carbocycles. The van der Waals surface area contributed by atoms with Crippen LogP contribution in [0.1, 0.15) is 52.4 Å². The van der Waals surface area contributed by atoms with Gasteiger partial charge in [0.05, 0.1) is 6.26 Å². The van der Waals surface area contributed by atoms with Crippen LogP contribution in [0.25, 0.3) is 0 Å². The molecular formula is C11H25NO2S. The Labute approximate surface area is 94.7 Å². The first-order valence-electron chi connectivity index (χ1n) is 5.86. The van der Waals surface area contributed by atoms with Crippen molar-refractivity contribution in [3.8, 4) is 0 Å². The predicted molar refractivity (Wildman–Crippen MR) is 65.4 cm³/mol. The van der Waals surface area contributed by atoms with Crippen molar-refractivity contribution in [2.24, 2.45) is 5.92 Å². The van der Waals surface area contributed by atoms with Gasteiger partial charge in [-0.15, -0.1) is 0 Å². The van der Waals surface area contributed by atoms with Gasteiger partial charge < -0.3 is 0 Å². The summed E-state index contributed by atoms with van der Waals surface area (Å²) in [5.41, 5.74) is 0. The molecule has 0 saturated carbocycles. The molecule has 0 aliphatic heterocycles. The van der Waals surface area contributed by atoms with Crippen LogP contribution in [-0.2, 0) is 10.0 Å². The summed E-state index contributed by atoms with van der Waals surface area (Å²) in [5.74, 6) is 0.803. The van der Waals surface area contributed by atoms with Gasteiger partial charge in [0.25, 0.3) is 0 Å². The molecule has 0 atom stereocenters. The minimum atomic E-state index is -2.98. The van der Waals surface area contributed by atoms with Crippen molar-refractivity contribution in [1.29, 1.82) is 0 Å². The van der Waals surface area contributed by atoms with Crippen LogP contribution in [0.5, 0.6) is 0 Å². The van der Waals surface area contributed by atoms with Crippen LogP contribution < -0.4 is 4.72 Å². The quantitative estimate of drug-likeness (QED) is 0.624. The van der Waals surface area contributed by atoms with E-state index in [0.717, 1.165) is 18.8 Å². The average molecular weight is 235 g/mol. The van der Waals surface area contributed by atoms with E-state index in [0.29, 0.717) is 6.54 Å². The summed E-state index contributed by atoms with van der Waals surface area (Å²) in [4.78, 5) is 0. The summed E-state index contributed by atoms with van der Waals surface area (Å²) in [5, 5.41) is 0. The Bertz CT molecular complexity index is 235. The lowest BCUT2D eigenvalue weighted by Crippen LogP contribution is -2.22. The van der Waals surface area contributed by atoms with E-state index >= 15 is 0 Å². The normalized spacial score (nSPS) is 12.3. The Kier molecular flexibility index (Phi) is 8.06. The summed E-state index contributed by atoms with van der Waals surface area (Å²) in [7, 11) is -2.98. The third-order valence-corrected chi connectivity index (χ3v) is 3.05. The molecule has 0 fully saturated rings. The van der Waals surface area contributed by atoms with Crippen molar-refractivity contribution < 1.29 is 8.42 Å². The molecule has 15 heavy (non-hydrogen) atoms.